The molecular weight excluding hydrogens is 551 g/mol. The number of carboxylic acid groups (broad SMARTS) is 1. The summed E-state index contributed by atoms with van der Waals surface area (Å²) in [5, 5.41) is 33.8. The van der Waals surface area contributed by atoms with Crippen LogP contribution in [0.15, 0.2) is 30.3 Å². The molecule has 0 aromatic heterocycles. The van der Waals surface area contributed by atoms with E-state index >= 15 is 0 Å². The van der Waals surface area contributed by atoms with Gasteiger partial charge in [-0.3, -0.25) is 19.3 Å². The molecule has 0 aliphatic carbocycles. The Morgan fingerprint density at radius 3 is 2.56 bits per heavy atom. The zero-order valence-corrected chi connectivity index (χ0v) is 21.2. The Morgan fingerprint density at radius 1 is 1.15 bits per heavy atom. The quantitative estimate of drug-likeness (QED) is 0.173. The first kappa shape index (κ1) is 29.2. The number of hydrogen-bond donors (Lipinski definition) is 6. The number of nitrogens with two attached hydrogens (primary N) is 1. The summed E-state index contributed by atoms with van der Waals surface area (Å²) in [6.07, 6.45) is -0.146. The first-order chi connectivity index (χ1) is 19.4. The number of urea groups is 1. The number of hydrogen-bond acceptors (Lipinski definition) is 9. The molecule has 41 heavy (non-hydrogen) atoms. The zero-order valence-electron chi connectivity index (χ0n) is 21.2. The summed E-state index contributed by atoms with van der Waals surface area (Å²) in [5.41, 5.74) is 4.75. The number of imide groups is 1. The number of halogens is 2. The third kappa shape index (κ3) is 5.90. The number of rotatable bonds is 7. The molecule has 0 bridgehead atoms. The molecule has 1 fully saturated rings. The minimum Gasteiger partial charge on any atom is -0.534 e. The van der Waals surface area contributed by atoms with Gasteiger partial charge in [0.2, 0.25) is 5.91 Å². The van der Waals surface area contributed by atoms with Gasteiger partial charge in [-0.15, -0.1) is 0 Å². The number of para-hydroxylation sites is 1. The van der Waals surface area contributed by atoms with E-state index in [1.807, 2.05) is 0 Å². The summed E-state index contributed by atoms with van der Waals surface area (Å²) in [6, 6.07) is 1.70. The van der Waals surface area contributed by atoms with E-state index in [-0.39, 0.29) is 43.9 Å². The number of carbonyl (C=O) groups is 5. The molecule has 0 spiro atoms. The van der Waals surface area contributed by atoms with Crippen LogP contribution in [0.2, 0.25) is 0 Å². The fourth-order valence-corrected chi connectivity index (χ4v) is 4.48. The number of amides is 5. The predicted octanol–water partition coefficient (Wildman–Crippen LogP) is -1.11. The molecule has 0 saturated carbocycles. The van der Waals surface area contributed by atoms with Gasteiger partial charge in [-0.2, -0.15) is 0 Å². The molecule has 2 heterocycles. The van der Waals surface area contributed by atoms with Crippen LogP contribution in [0.3, 0.4) is 0 Å². The number of piperazine rings is 1. The number of carboxylic acids is 1. The van der Waals surface area contributed by atoms with Crippen LogP contribution < -0.4 is 21.0 Å². The molecule has 2 aliphatic rings. The van der Waals surface area contributed by atoms with Gasteiger partial charge in [-0.25, -0.2) is 18.4 Å². The summed E-state index contributed by atoms with van der Waals surface area (Å²) < 4.78 is 34.4. The largest absolute Gasteiger partial charge is 0.547 e. The van der Waals surface area contributed by atoms with Crippen LogP contribution in [-0.2, 0) is 20.8 Å². The highest BCUT2D eigenvalue weighted by Gasteiger charge is 2.41. The molecule has 14 nitrogen and oxygen atoms in total. The highest BCUT2D eigenvalue weighted by molar-refractivity contribution is 6.47. The normalized spacial score (nSPS) is 17.5. The third-order valence-corrected chi connectivity index (χ3v) is 6.54. The fourth-order valence-electron chi connectivity index (χ4n) is 4.48. The molecule has 1 saturated heterocycles. The van der Waals surface area contributed by atoms with Gasteiger partial charge in [0.1, 0.15) is 17.6 Å². The lowest BCUT2D eigenvalue weighted by atomic mass is 9.72. The second kappa shape index (κ2) is 11.8. The Bertz CT molecular complexity index is 1430. The number of nitrogens with one attached hydrogen (secondary N) is 2. The second-order valence-electron chi connectivity index (χ2n) is 9.17. The minimum absolute atomic E-state index is 0.0579. The van der Waals surface area contributed by atoms with Crippen molar-refractivity contribution in [3.8, 4) is 11.5 Å². The Hall–Kier alpha value is -4.77. The van der Waals surface area contributed by atoms with Crippen molar-refractivity contribution in [2.75, 3.05) is 26.2 Å². The summed E-state index contributed by atoms with van der Waals surface area (Å²) in [7, 11) is -1.78. The first-order valence-corrected chi connectivity index (χ1v) is 12.2. The molecule has 216 valence electrons. The zero-order chi connectivity index (χ0) is 30.0. The van der Waals surface area contributed by atoms with Gasteiger partial charge >= 0.3 is 30.9 Å². The highest BCUT2D eigenvalue weighted by Crippen LogP contribution is 2.31. The Morgan fingerprint density at radius 2 is 1.88 bits per heavy atom. The van der Waals surface area contributed by atoms with E-state index in [0.717, 1.165) is 4.90 Å². The minimum atomic E-state index is -2.03. The number of aromatic hydroxyl groups is 1. The van der Waals surface area contributed by atoms with Gasteiger partial charge in [0.25, 0.3) is 0 Å². The van der Waals surface area contributed by atoms with E-state index < -0.39 is 71.8 Å². The average molecular weight is 575 g/mol. The maximum atomic E-state index is 14.8. The number of carbonyl (C=O) groups excluding carboxylic acids is 4. The van der Waals surface area contributed by atoms with Crippen LogP contribution in [0.5, 0.6) is 11.5 Å². The summed E-state index contributed by atoms with van der Waals surface area (Å²) in [6.45, 7) is -0.212. The maximum absolute atomic E-state index is 14.8. The van der Waals surface area contributed by atoms with Crippen molar-refractivity contribution in [2.45, 2.75) is 18.4 Å². The molecule has 1 unspecified atom stereocenters. The molecular formula is C24H24BF2N5O9. The van der Waals surface area contributed by atoms with Crippen molar-refractivity contribution < 1.29 is 52.6 Å². The number of phenols is 1. The average Bonchev–Trinajstić information content (AvgIpc) is 2.92. The van der Waals surface area contributed by atoms with Crippen LogP contribution in [-0.4, -0.2) is 94.0 Å². The Labute approximate surface area is 230 Å². The van der Waals surface area contributed by atoms with Crippen LogP contribution >= 0.6 is 0 Å². The molecule has 17 heteroatoms. The smallest absolute Gasteiger partial charge is 0.534 e. The molecule has 0 radical (unpaired) electrons. The highest BCUT2D eigenvalue weighted by atomic mass is 19.1. The molecule has 7 N–H and O–H groups in total. The van der Waals surface area contributed by atoms with Crippen molar-refractivity contribution >= 4 is 36.8 Å². The van der Waals surface area contributed by atoms with E-state index in [4.69, 9.17) is 10.4 Å². The molecule has 2 aliphatic heterocycles. The lowest BCUT2D eigenvalue weighted by molar-refractivity contribution is -0.153. The van der Waals surface area contributed by atoms with Gasteiger partial charge in [0.15, 0.2) is 11.6 Å². The third-order valence-electron chi connectivity index (χ3n) is 6.54. The fraction of sp³-hybridized carbons (Fsp3) is 0.292. The van der Waals surface area contributed by atoms with Crippen molar-refractivity contribution in [2.24, 2.45) is 5.73 Å². The van der Waals surface area contributed by atoms with Crippen molar-refractivity contribution in [3.05, 3.63) is 58.7 Å². The van der Waals surface area contributed by atoms with Gasteiger partial charge in [0, 0.05) is 37.8 Å². The number of nitrogens with zero attached hydrogens (tertiary/aromatic N) is 2. The van der Waals surface area contributed by atoms with E-state index in [1.165, 1.54) is 18.2 Å². The van der Waals surface area contributed by atoms with Gasteiger partial charge in [-0.05, 0) is 24.1 Å². The lowest BCUT2D eigenvalue weighted by Gasteiger charge is -2.33. The second-order valence-corrected chi connectivity index (χ2v) is 9.17. The van der Waals surface area contributed by atoms with E-state index in [1.54, 1.807) is 0 Å². The molecule has 2 aromatic rings. The maximum Gasteiger partial charge on any atom is 0.547 e. The molecule has 5 amide bonds. The predicted molar refractivity (Wildman–Crippen MR) is 134 cm³/mol. The van der Waals surface area contributed by atoms with E-state index in [0.29, 0.717) is 22.6 Å². The lowest BCUT2D eigenvalue weighted by Crippen LogP contribution is -2.60. The topological polar surface area (TPSA) is 212 Å². The molecule has 2 aromatic carbocycles. The summed E-state index contributed by atoms with van der Waals surface area (Å²) in [4.78, 5) is 64.3. The van der Waals surface area contributed by atoms with Crippen molar-refractivity contribution in [1.82, 2.24) is 20.4 Å². The monoisotopic (exact) mass is 575 g/mol. The van der Waals surface area contributed by atoms with Crippen LogP contribution in [0.25, 0.3) is 0 Å². The van der Waals surface area contributed by atoms with Crippen LogP contribution in [0.4, 0.5) is 13.6 Å². The number of phenolic OH excluding ortho intramolecular Hbond substituents is 1. The van der Waals surface area contributed by atoms with Gasteiger partial charge < -0.3 is 41.2 Å². The van der Waals surface area contributed by atoms with E-state index in [9.17, 15) is 48.0 Å². The Balaban J connectivity index is 1.60. The standard InChI is InChI=1S/C24H24BF2N5O9/c26-14-10-16(33)15(27)9-13(14)18(30-24(39)32-7-6-31(5-4-28)21(35)22(32)36)20(34)29-17-8-11-2-1-3-12(23(37)38)19(11)41-25(17)40/h1-3,9-10,17-18,33,40H,4-8,28H2,(H,29,34)(H,30,39)(H,37,38)/t17-,18?/m0/s1. The van der Waals surface area contributed by atoms with Crippen LogP contribution in [0, 0.1) is 11.6 Å². The molecule has 4 rings (SSSR count). The van der Waals surface area contributed by atoms with Crippen molar-refractivity contribution in [1.29, 1.82) is 0 Å². The van der Waals surface area contributed by atoms with Crippen molar-refractivity contribution in [3.63, 3.8) is 0 Å². The van der Waals surface area contributed by atoms with Gasteiger partial charge in [-0.1, -0.05) is 12.1 Å². The number of benzene rings is 2. The number of fused-ring (bicyclic) bond motifs is 1. The van der Waals surface area contributed by atoms with E-state index in [2.05, 4.69) is 10.6 Å². The summed E-state index contributed by atoms with van der Waals surface area (Å²) in [5.74, 6) is -9.83. The first-order valence-electron chi connectivity index (χ1n) is 12.2. The number of aromatic carboxylic acids is 1. The molecule has 2 atom stereocenters. The Kier molecular flexibility index (Phi) is 8.39. The summed E-state index contributed by atoms with van der Waals surface area (Å²) >= 11 is 0. The van der Waals surface area contributed by atoms with Gasteiger partial charge in [0.05, 0.1) is 11.5 Å². The van der Waals surface area contributed by atoms with Crippen LogP contribution in [0.1, 0.15) is 27.5 Å². The SMILES string of the molecule is NCCN1CCN(C(=O)NC(C(=O)N[C@H]2Cc3cccc(C(=O)O)c3OB2O)c2cc(F)c(O)cc2F)C(=O)C1=O.